The van der Waals surface area contributed by atoms with Gasteiger partial charge in [-0.2, -0.15) is 0 Å². The van der Waals surface area contributed by atoms with Gasteiger partial charge in [0.05, 0.1) is 0 Å². The molecule has 0 aliphatic carbocycles. The summed E-state index contributed by atoms with van der Waals surface area (Å²) in [6.45, 7) is 3.22. The summed E-state index contributed by atoms with van der Waals surface area (Å²) in [7, 11) is 0. The van der Waals surface area contributed by atoms with Gasteiger partial charge in [-0.1, -0.05) is 24.1 Å². The van der Waals surface area contributed by atoms with Crippen molar-refractivity contribution in [2.75, 3.05) is 6.54 Å². The van der Waals surface area contributed by atoms with Crippen molar-refractivity contribution in [2.45, 2.75) is 13.8 Å². The Kier molecular flexibility index (Phi) is 13.0. The lowest BCUT2D eigenvalue weighted by Crippen LogP contribution is -2.22. The molecule has 0 unspecified atom stereocenters. The number of hydrogen-bond acceptors (Lipinski definition) is 3. The van der Waals surface area contributed by atoms with Gasteiger partial charge in [0.15, 0.2) is 5.96 Å². The molecule has 7 heteroatoms. The van der Waals surface area contributed by atoms with Crippen LogP contribution in [0.1, 0.15) is 24.2 Å². The fourth-order valence-corrected chi connectivity index (χ4v) is 0.812. The van der Waals surface area contributed by atoms with E-state index in [4.69, 9.17) is 27.1 Å². The number of amides is 1. The molecule has 0 heterocycles. The van der Waals surface area contributed by atoms with Crippen molar-refractivity contribution >= 4 is 17.8 Å². The number of aliphatic carboxylic acids is 1. The van der Waals surface area contributed by atoms with Crippen LogP contribution in [-0.4, -0.2) is 29.5 Å². The molecule has 7 nitrogen and oxygen atoms in total. The minimum Gasteiger partial charge on any atom is -0.481 e. The molecule has 1 aromatic rings. The molecule has 7 N–H and O–H groups in total. The van der Waals surface area contributed by atoms with Crippen LogP contribution < -0.4 is 17.2 Å². The quantitative estimate of drug-likeness (QED) is 0.348. The molecule has 0 spiro atoms. The first kappa shape index (κ1) is 20.3. The molecule has 0 bridgehead atoms. The van der Waals surface area contributed by atoms with Crippen molar-refractivity contribution < 1.29 is 14.7 Å². The summed E-state index contributed by atoms with van der Waals surface area (Å²) in [5.41, 5.74) is 15.5. The highest BCUT2D eigenvalue weighted by Crippen LogP contribution is 1.94. The van der Waals surface area contributed by atoms with Crippen molar-refractivity contribution in [1.82, 2.24) is 0 Å². The van der Waals surface area contributed by atoms with Crippen LogP contribution in [0.25, 0.3) is 0 Å². The number of carboxylic acids is 1. The average Bonchev–Trinajstić information content (AvgIpc) is 2.40. The van der Waals surface area contributed by atoms with Crippen LogP contribution in [-0.2, 0) is 4.79 Å². The zero-order chi connectivity index (χ0) is 16.7. The van der Waals surface area contributed by atoms with E-state index in [1.54, 1.807) is 31.2 Å². The molecule has 0 radical (unpaired) electrons. The highest BCUT2D eigenvalue weighted by molar-refractivity contribution is 5.92. The number of hydrogen-bond donors (Lipinski definition) is 4. The van der Waals surface area contributed by atoms with Crippen LogP contribution in [0.4, 0.5) is 0 Å². The van der Waals surface area contributed by atoms with E-state index in [1.807, 2.05) is 6.07 Å². The Morgan fingerprint density at radius 1 is 1.19 bits per heavy atom. The maximum Gasteiger partial charge on any atom is 0.300 e. The van der Waals surface area contributed by atoms with E-state index in [0.717, 1.165) is 6.92 Å². The molecule has 0 aliphatic rings. The largest absolute Gasteiger partial charge is 0.481 e. The Morgan fingerprint density at radius 3 is 1.95 bits per heavy atom. The van der Waals surface area contributed by atoms with Crippen molar-refractivity contribution in [3.8, 4) is 11.8 Å². The van der Waals surface area contributed by atoms with Crippen molar-refractivity contribution in [1.29, 1.82) is 0 Å². The Morgan fingerprint density at radius 2 is 1.67 bits per heavy atom. The van der Waals surface area contributed by atoms with Gasteiger partial charge < -0.3 is 22.3 Å². The van der Waals surface area contributed by atoms with Gasteiger partial charge in [0, 0.05) is 12.5 Å². The Bertz CT molecular complexity index is 508. The summed E-state index contributed by atoms with van der Waals surface area (Å²) in [5.74, 6) is 4.22. The molecule has 1 amide bonds. The molecule has 0 aromatic heterocycles. The fraction of sp³-hybridized carbons (Fsp3) is 0.214. The number of benzene rings is 1. The molecule has 0 fully saturated rings. The molecule has 1 rings (SSSR count). The van der Waals surface area contributed by atoms with Crippen LogP contribution in [0.2, 0.25) is 0 Å². The number of rotatable bonds is 2. The second-order valence-corrected chi connectivity index (χ2v) is 3.42. The topological polar surface area (TPSA) is 145 Å². The third-order valence-corrected chi connectivity index (χ3v) is 1.58. The fourth-order valence-electron chi connectivity index (χ4n) is 0.812. The predicted molar refractivity (Wildman–Crippen MR) is 82.4 cm³/mol. The lowest BCUT2D eigenvalue weighted by Gasteiger charge is -1.89. The first-order valence-corrected chi connectivity index (χ1v) is 5.80. The van der Waals surface area contributed by atoms with Gasteiger partial charge >= 0.3 is 0 Å². The molecule has 0 atom stereocenters. The molecule has 114 valence electrons. The lowest BCUT2D eigenvalue weighted by molar-refractivity contribution is -0.134. The number of carbonyl (C=O) groups excluding carboxylic acids is 1. The minimum atomic E-state index is -0.833. The normalized spacial score (nSPS) is 7.52. The average molecular weight is 292 g/mol. The minimum absolute atomic E-state index is 0.0905. The number of aliphatic imine (C=N–C) groups is 1. The third kappa shape index (κ3) is 19.5. The molecule has 21 heavy (non-hydrogen) atoms. The van der Waals surface area contributed by atoms with Crippen LogP contribution >= 0.6 is 0 Å². The number of carboxylic acid groups (broad SMARTS) is 1. The number of nitrogens with two attached hydrogens (primary N) is 3. The monoisotopic (exact) mass is 292 g/mol. The Balaban J connectivity index is 0. The van der Waals surface area contributed by atoms with Gasteiger partial charge in [-0.05, 0) is 19.1 Å². The summed E-state index contributed by atoms with van der Waals surface area (Å²) in [4.78, 5) is 23.0. The van der Waals surface area contributed by atoms with Crippen LogP contribution in [0, 0.1) is 11.8 Å². The predicted octanol–water partition coefficient (Wildman–Crippen LogP) is 0.160. The van der Waals surface area contributed by atoms with Crippen LogP contribution in [0.15, 0.2) is 35.3 Å². The first-order valence-electron chi connectivity index (χ1n) is 5.80. The van der Waals surface area contributed by atoms with E-state index < -0.39 is 5.97 Å². The van der Waals surface area contributed by atoms with E-state index in [1.165, 1.54) is 0 Å². The van der Waals surface area contributed by atoms with E-state index in [0.29, 0.717) is 12.1 Å². The van der Waals surface area contributed by atoms with E-state index in [2.05, 4.69) is 16.8 Å². The van der Waals surface area contributed by atoms with Gasteiger partial charge in [0.1, 0.15) is 6.54 Å². The highest BCUT2D eigenvalue weighted by Gasteiger charge is 1.93. The first-order chi connectivity index (χ1) is 9.81. The van der Waals surface area contributed by atoms with Gasteiger partial charge in [-0.15, -0.1) is 5.92 Å². The van der Waals surface area contributed by atoms with Gasteiger partial charge in [-0.25, -0.2) is 4.99 Å². The summed E-state index contributed by atoms with van der Waals surface area (Å²) in [5, 5.41) is 7.42. The van der Waals surface area contributed by atoms with E-state index in [9.17, 15) is 4.79 Å². The number of guanidine groups is 1. The summed E-state index contributed by atoms with van der Waals surface area (Å²) < 4.78 is 0. The number of carbonyl (C=O) groups is 2. The smallest absolute Gasteiger partial charge is 0.300 e. The summed E-state index contributed by atoms with van der Waals surface area (Å²) >= 11 is 0. The molecular weight excluding hydrogens is 272 g/mol. The number of primary amides is 1. The molecular formula is C14H20N4O3. The molecule has 0 aliphatic heterocycles. The van der Waals surface area contributed by atoms with Gasteiger partial charge in [0.2, 0.25) is 5.91 Å². The van der Waals surface area contributed by atoms with Gasteiger partial charge in [0.25, 0.3) is 5.97 Å². The van der Waals surface area contributed by atoms with E-state index >= 15 is 0 Å². The summed E-state index contributed by atoms with van der Waals surface area (Å²) in [6.07, 6.45) is 0. The third-order valence-electron chi connectivity index (χ3n) is 1.58. The number of nitrogens with zero attached hydrogens (tertiary/aromatic N) is 1. The maximum absolute atomic E-state index is 10.4. The van der Waals surface area contributed by atoms with Crippen LogP contribution in [0.3, 0.4) is 0 Å². The zero-order valence-corrected chi connectivity index (χ0v) is 12.0. The van der Waals surface area contributed by atoms with Crippen molar-refractivity contribution in [3.63, 3.8) is 0 Å². The molecule has 0 saturated carbocycles. The lowest BCUT2D eigenvalue weighted by atomic mass is 10.2. The van der Waals surface area contributed by atoms with E-state index in [-0.39, 0.29) is 11.9 Å². The van der Waals surface area contributed by atoms with Crippen molar-refractivity contribution in [3.05, 3.63) is 35.9 Å². The van der Waals surface area contributed by atoms with Crippen molar-refractivity contribution in [2.24, 2.45) is 22.2 Å². The standard InChI is InChI=1S/C7H7NO.C5H9N3.C2H4O2/c8-7(9)6-4-2-1-3-5-6;1-2-3-4-8-5(6)7;1-2(3)4/h1-5H,(H2,8,9);4H2,1H3,(H4,6,7,8);1H3,(H,3,4). The molecule has 1 aromatic carbocycles. The van der Waals surface area contributed by atoms with Gasteiger partial charge in [-0.3, -0.25) is 9.59 Å². The Labute approximate surface area is 123 Å². The zero-order valence-electron chi connectivity index (χ0n) is 12.0. The second kappa shape index (κ2) is 13.4. The maximum atomic E-state index is 10.4. The second-order valence-electron chi connectivity index (χ2n) is 3.42. The SMILES string of the molecule is CC#CCN=C(N)N.CC(=O)O.NC(=O)c1ccccc1. The van der Waals surface area contributed by atoms with Crippen LogP contribution in [0.5, 0.6) is 0 Å². The molecule has 0 saturated heterocycles. The highest BCUT2D eigenvalue weighted by atomic mass is 16.4. The Hall–Kier alpha value is -3.01. The summed E-state index contributed by atoms with van der Waals surface area (Å²) in [6, 6.07) is 8.76.